The number of rotatable bonds is 2. The molecule has 0 aliphatic heterocycles. The third kappa shape index (κ3) is 4.34. The van der Waals surface area contributed by atoms with Crippen LogP contribution < -0.4 is 10.7 Å². The largest absolute Gasteiger partial charge is 0.416 e. The molecule has 136 valence electrons. The average molecular weight is 398 g/mol. The van der Waals surface area contributed by atoms with Crippen molar-refractivity contribution >= 4 is 40.3 Å². The number of alkyl halides is 3. The minimum atomic E-state index is -4.46. The van der Waals surface area contributed by atoms with Gasteiger partial charge >= 0.3 is 6.18 Å². The summed E-state index contributed by atoms with van der Waals surface area (Å²) in [4.78, 5) is 0. The van der Waals surface area contributed by atoms with Crippen LogP contribution in [0.1, 0.15) is 29.5 Å². The quantitative estimate of drug-likeness (QED) is 0.527. The Morgan fingerprint density at radius 3 is 2.65 bits per heavy atom. The minimum Gasteiger partial charge on any atom is -0.330 e. The minimum absolute atomic E-state index is 0.0711. The van der Waals surface area contributed by atoms with Gasteiger partial charge in [-0.25, -0.2) is 0 Å². The highest BCUT2D eigenvalue weighted by atomic mass is 35.5. The highest BCUT2D eigenvalue weighted by Crippen LogP contribution is 2.33. The van der Waals surface area contributed by atoms with Crippen molar-refractivity contribution in [1.82, 2.24) is 5.43 Å². The second kappa shape index (κ2) is 7.63. The van der Waals surface area contributed by atoms with Gasteiger partial charge in [-0.05, 0) is 55.2 Å². The highest BCUT2D eigenvalue weighted by Gasteiger charge is 2.31. The van der Waals surface area contributed by atoms with Gasteiger partial charge in [0.2, 0.25) is 0 Å². The summed E-state index contributed by atoms with van der Waals surface area (Å²) >= 11 is 11.1. The predicted molar refractivity (Wildman–Crippen MR) is 102 cm³/mol. The van der Waals surface area contributed by atoms with Gasteiger partial charge in [-0.1, -0.05) is 35.9 Å². The van der Waals surface area contributed by atoms with Gasteiger partial charge in [-0.2, -0.15) is 18.3 Å². The van der Waals surface area contributed by atoms with Gasteiger partial charge in [0.25, 0.3) is 0 Å². The van der Waals surface area contributed by atoms with E-state index >= 15 is 0 Å². The summed E-state index contributed by atoms with van der Waals surface area (Å²) in [5.41, 5.74) is 5.11. The lowest BCUT2D eigenvalue weighted by molar-refractivity contribution is -0.137. The fourth-order valence-electron chi connectivity index (χ4n) is 2.78. The molecule has 0 heterocycles. The smallest absolute Gasteiger partial charge is 0.330 e. The normalized spacial score (nSPS) is 15.5. The first-order chi connectivity index (χ1) is 12.3. The fraction of sp³-hybridized carbons (Fsp3) is 0.222. The lowest BCUT2D eigenvalue weighted by Gasteiger charge is -2.18. The standard InChI is InChI=1S/C18H15ClF3N3S/c19-14-9-8-12(18(20,21)22)10-16(14)23-17(26)25-24-15-7-3-5-11-4-1-2-6-13(11)15/h1-2,4,6,8-10H,3,5,7H2,(H2,23,25,26). The number of hydrazone groups is 1. The molecule has 0 spiro atoms. The van der Waals surface area contributed by atoms with Gasteiger partial charge in [-0.3, -0.25) is 5.43 Å². The van der Waals surface area contributed by atoms with Crippen LogP contribution in [0.25, 0.3) is 0 Å². The van der Waals surface area contributed by atoms with Crippen LogP contribution in [-0.2, 0) is 12.6 Å². The molecule has 2 aromatic rings. The summed E-state index contributed by atoms with van der Waals surface area (Å²) < 4.78 is 38.5. The van der Waals surface area contributed by atoms with Crippen molar-refractivity contribution in [1.29, 1.82) is 0 Å². The van der Waals surface area contributed by atoms with Crippen LogP contribution >= 0.6 is 23.8 Å². The van der Waals surface area contributed by atoms with Crippen molar-refractivity contribution in [2.75, 3.05) is 5.32 Å². The van der Waals surface area contributed by atoms with E-state index in [0.717, 1.165) is 42.7 Å². The van der Waals surface area contributed by atoms with Gasteiger partial charge in [-0.15, -0.1) is 0 Å². The molecule has 0 atom stereocenters. The number of hydrogen-bond donors (Lipinski definition) is 2. The third-order valence-corrected chi connectivity index (χ3v) is 4.55. The van der Waals surface area contributed by atoms with Crippen molar-refractivity contribution < 1.29 is 13.2 Å². The van der Waals surface area contributed by atoms with E-state index in [2.05, 4.69) is 21.9 Å². The number of nitrogens with one attached hydrogen (secondary N) is 2. The summed E-state index contributed by atoms with van der Waals surface area (Å²) in [5, 5.41) is 7.19. The van der Waals surface area contributed by atoms with Crippen LogP contribution in [0.5, 0.6) is 0 Å². The second-order valence-corrected chi connectivity index (χ2v) is 6.64. The number of fused-ring (bicyclic) bond motifs is 1. The summed E-state index contributed by atoms with van der Waals surface area (Å²) in [6.45, 7) is 0. The Labute approximate surface area is 159 Å². The van der Waals surface area contributed by atoms with Gasteiger partial charge in [0.15, 0.2) is 5.11 Å². The lowest BCUT2D eigenvalue weighted by Crippen LogP contribution is -2.26. The number of hydrogen-bond acceptors (Lipinski definition) is 2. The molecule has 0 saturated carbocycles. The zero-order chi connectivity index (χ0) is 18.7. The van der Waals surface area contributed by atoms with Crippen molar-refractivity contribution in [3.05, 3.63) is 64.2 Å². The zero-order valence-corrected chi connectivity index (χ0v) is 15.1. The summed E-state index contributed by atoms with van der Waals surface area (Å²) in [5.74, 6) is 0. The Hall–Kier alpha value is -2.12. The van der Waals surface area contributed by atoms with E-state index in [1.807, 2.05) is 18.2 Å². The molecule has 3 rings (SSSR count). The van der Waals surface area contributed by atoms with Crippen LogP contribution in [0, 0.1) is 0 Å². The third-order valence-electron chi connectivity index (χ3n) is 4.02. The number of halogens is 4. The number of thiocarbonyl (C=S) groups is 1. The Morgan fingerprint density at radius 1 is 1.12 bits per heavy atom. The van der Waals surface area contributed by atoms with Crippen molar-refractivity contribution in [3.8, 4) is 0 Å². The molecule has 3 nitrogen and oxygen atoms in total. The van der Waals surface area contributed by atoms with E-state index in [-0.39, 0.29) is 15.8 Å². The van der Waals surface area contributed by atoms with E-state index in [9.17, 15) is 13.2 Å². The molecule has 2 N–H and O–H groups in total. The van der Waals surface area contributed by atoms with Crippen molar-refractivity contribution in [2.24, 2.45) is 5.10 Å². The number of nitrogens with zero attached hydrogens (tertiary/aromatic N) is 1. The van der Waals surface area contributed by atoms with E-state index in [1.165, 1.54) is 11.6 Å². The Kier molecular flexibility index (Phi) is 5.48. The maximum atomic E-state index is 12.8. The van der Waals surface area contributed by atoms with E-state index in [1.54, 1.807) is 0 Å². The van der Waals surface area contributed by atoms with E-state index < -0.39 is 11.7 Å². The van der Waals surface area contributed by atoms with E-state index in [4.69, 9.17) is 23.8 Å². The topological polar surface area (TPSA) is 36.4 Å². The molecule has 0 radical (unpaired) electrons. The van der Waals surface area contributed by atoms with E-state index in [0.29, 0.717) is 0 Å². The Morgan fingerprint density at radius 2 is 1.88 bits per heavy atom. The summed E-state index contributed by atoms with van der Waals surface area (Å²) in [6, 6.07) is 11.0. The number of benzene rings is 2. The molecule has 0 saturated heterocycles. The first kappa shape index (κ1) is 18.7. The Balaban J connectivity index is 1.73. The van der Waals surface area contributed by atoms with Crippen LogP contribution in [-0.4, -0.2) is 10.8 Å². The van der Waals surface area contributed by atoms with Gasteiger partial charge < -0.3 is 5.32 Å². The van der Waals surface area contributed by atoms with Gasteiger partial charge in [0.05, 0.1) is 22.0 Å². The van der Waals surface area contributed by atoms with Gasteiger partial charge in [0, 0.05) is 5.56 Å². The van der Waals surface area contributed by atoms with Crippen LogP contribution in [0.3, 0.4) is 0 Å². The summed E-state index contributed by atoms with van der Waals surface area (Å²) in [7, 11) is 0. The molecule has 0 fully saturated rings. The lowest BCUT2D eigenvalue weighted by atomic mass is 9.90. The molecule has 1 aliphatic carbocycles. The van der Waals surface area contributed by atoms with Crippen molar-refractivity contribution in [2.45, 2.75) is 25.4 Å². The molecular weight excluding hydrogens is 383 g/mol. The molecule has 2 aromatic carbocycles. The highest BCUT2D eigenvalue weighted by molar-refractivity contribution is 7.80. The molecule has 1 aliphatic rings. The summed E-state index contributed by atoms with van der Waals surface area (Å²) in [6.07, 6.45) is -1.67. The first-order valence-electron chi connectivity index (χ1n) is 7.93. The first-order valence-corrected chi connectivity index (χ1v) is 8.72. The SMILES string of the molecule is FC(F)(F)c1ccc(Cl)c(NC(=S)NN=C2CCCc3ccccc32)c1. The molecule has 8 heteroatoms. The van der Waals surface area contributed by atoms with Crippen LogP contribution in [0.15, 0.2) is 47.6 Å². The average Bonchev–Trinajstić information content (AvgIpc) is 2.61. The van der Waals surface area contributed by atoms with Crippen LogP contribution in [0.4, 0.5) is 18.9 Å². The molecule has 0 bridgehead atoms. The second-order valence-electron chi connectivity index (χ2n) is 5.83. The fourth-order valence-corrected chi connectivity index (χ4v) is 3.10. The monoisotopic (exact) mass is 397 g/mol. The number of anilines is 1. The van der Waals surface area contributed by atoms with Gasteiger partial charge in [0.1, 0.15) is 0 Å². The van der Waals surface area contributed by atoms with Crippen molar-refractivity contribution in [3.63, 3.8) is 0 Å². The molecule has 0 unspecified atom stereocenters. The molecular formula is C18H15ClF3N3S. The Bertz CT molecular complexity index is 865. The zero-order valence-electron chi connectivity index (χ0n) is 13.5. The van der Waals surface area contributed by atoms with Crippen LogP contribution in [0.2, 0.25) is 5.02 Å². The maximum Gasteiger partial charge on any atom is 0.416 e. The molecule has 26 heavy (non-hydrogen) atoms. The predicted octanol–water partition coefficient (Wildman–Crippen LogP) is 5.39. The molecule has 0 aromatic heterocycles. The molecule has 0 amide bonds. The number of aryl methyl sites for hydroxylation is 1. The maximum absolute atomic E-state index is 12.8.